The Morgan fingerprint density at radius 2 is 1.89 bits per heavy atom. The molecule has 7 heteroatoms. The van der Waals surface area contributed by atoms with E-state index in [2.05, 4.69) is 26.2 Å². The van der Waals surface area contributed by atoms with Gasteiger partial charge in [0.05, 0.1) is 0 Å². The van der Waals surface area contributed by atoms with Crippen LogP contribution in [0.25, 0.3) is 0 Å². The SMILES string of the molecule is O=C(Nc1ccc2c(c1)OCCO2)c1cccnc1Oc1cccc(Br)c1. The lowest BCUT2D eigenvalue weighted by atomic mass is 10.2. The van der Waals surface area contributed by atoms with E-state index in [1.165, 1.54) is 0 Å². The second-order valence-electron chi connectivity index (χ2n) is 5.73. The summed E-state index contributed by atoms with van der Waals surface area (Å²) in [5.41, 5.74) is 0.925. The van der Waals surface area contributed by atoms with Crippen LogP contribution >= 0.6 is 15.9 Å². The van der Waals surface area contributed by atoms with Crippen LogP contribution in [-0.4, -0.2) is 24.1 Å². The molecular weight excluding hydrogens is 412 g/mol. The van der Waals surface area contributed by atoms with Gasteiger partial charge in [0.2, 0.25) is 5.88 Å². The van der Waals surface area contributed by atoms with Gasteiger partial charge in [0.15, 0.2) is 11.5 Å². The number of fused-ring (bicyclic) bond motifs is 1. The lowest BCUT2D eigenvalue weighted by molar-refractivity contribution is 0.102. The number of ether oxygens (including phenoxy) is 3. The fraction of sp³-hybridized carbons (Fsp3) is 0.100. The maximum atomic E-state index is 12.7. The molecule has 3 aromatic rings. The van der Waals surface area contributed by atoms with Crippen molar-refractivity contribution in [2.45, 2.75) is 0 Å². The molecule has 0 aliphatic carbocycles. The van der Waals surface area contributed by atoms with Gasteiger partial charge in [0.1, 0.15) is 24.5 Å². The van der Waals surface area contributed by atoms with Gasteiger partial charge in [-0.3, -0.25) is 4.79 Å². The number of nitrogens with zero attached hydrogens (tertiary/aromatic N) is 1. The normalized spacial score (nSPS) is 12.3. The number of carbonyl (C=O) groups is 1. The van der Waals surface area contributed by atoms with Crippen molar-refractivity contribution in [3.63, 3.8) is 0 Å². The second-order valence-corrected chi connectivity index (χ2v) is 6.64. The predicted molar refractivity (Wildman–Crippen MR) is 104 cm³/mol. The molecule has 4 rings (SSSR count). The molecule has 0 fully saturated rings. The standard InChI is InChI=1S/C20H15BrN2O4/c21-13-3-1-4-15(11-13)27-20-16(5-2-8-22-20)19(24)23-14-6-7-17-18(12-14)26-10-9-25-17/h1-8,11-12H,9-10H2,(H,23,24). The van der Waals surface area contributed by atoms with Crippen LogP contribution in [-0.2, 0) is 0 Å². The Morgan fingerprint density at radius 1 is 1.04 bits per heavy atom. The first-order chi connectivity index (χ1) is 13.2. The van der Waals surface area contributed by atoms with Crippen LogP contribution in [0.3, 0.4) is 0 Å². The largest absolute Gasteiger partial charge is 0.486 e. The molecular formula is C20H15BrN2O4. The number of nitrogens with one attached hydrogen (secondary N) is 1. The van der Waals surface area contributed by atoms with E-state index in [0.29, 0.717) is 41.7 Å². The zero-order chi connectivity index (χ0) is 18.6. The van der Waals surface area contributed by atoms with Crippen molar-refractivity contribution >= 4 is 27.5 Å². The molecule has 2 heterocycles. The van der Waals surface area contributed by atoms with Gasteiger partial charge < -0.3 is 19.5 Å². The maximum absolute atomic E-state index is 12.7. The van der Waals surface area contributed by atoms with Crippen LogP contribution in [0.15, 0.2) is 65.3 Å². The molecule has 0 unspecified atom stereocenters. The number of carbonyl (C=O) groups excluding carboxylic acids is 1. The van der Waals surface area contributed by atoms with Crippen molar-refractivity contribution in [1.29, 1.82) is 0 Å². The topological polar surface area (TPSA) is 69.7 Å². The lowest BCUT2D eigenvalue weighted by Gasteiger charge is -2.19. The second kappa shape index (κ2) is 7.67. The van der Waals surface area contributed by atoms with Crippen molar-refractivity contribution < 1.29 is 19.0 Å². The molecule has 2 aromatic carbocycles. The van der Waals surface area contributed by atoms with Crippen molar-refractivity contribution in [3.05, 3.63) is 70.8 Å². The van der Waals surface area contributed by atoms with Crippen LogP contribution in [0.1, 0.15) is 10.4 Å². The molecule has 0 radical (unpaired) electrons. The van der Waals surface area contributed by atoms with Crippen LogP contribution in [0.5, 0.6) is 23.1 Å². The maximum Gasteiger partial charge on any atom is 0.261 e. The fourth-order valence-electron chi connectivity index (χ4n) is 2.61. The van der Waals surface area contributed by atoms with Crippen LogP contribution < -0.4 is 19.5 Å². The van der Waals surface area contributed by atoms with Gasteiger partial charge in [0, 0.05) is 22.4 Å². The molecule has 0 saturated heterocycles. The Bertz CT molecular complexity index is 993. The minimum atomic E-state index is -0.329. The van der Waals surface area contributed by atoms with E-state index in [4.69, 9.17) is 14.2 Å². The highest BCUT2D eigenvalue weighted by molar-refractivity contribution is 9.10. The molecule has 1 aliphatic rings. The van der Waals surface area contributed by atoms with E-state index < -0.39 is 0 Å². The first-order valence-corrected chi connectivity index (χ1v) is 9.08. The molecule has 0 spiro atoms. The van der Waals surface area contributed by atoms with E-state index in [1.54, 1.807) is 48.7 Å². The van der Waals surface area contributed by atoms with E-state index in [1.807, 2.05) is 12.1 Å². The van der Waals surface area contributed by atoms with Crippen molar-refractivity contribution in [2.75, 3.05) is 18.5 Å². The van der Waals surface area contributed by atoms with Gasteiger partial charge in [-0.05, 0) is 42.5 Å². The fourth-order valence-corrected chi connectivity index (χ4v) is 2.98. The Kier molecular flexibility index (Phi) is 4.93. The average Bonchev–Trinajstić information content (AvgIpc) is 2.68. The molecule has 0 saturated carbocycles. The lowest BCUT2D eigenvalue weighted by Crippen LogP contribution is -2.17. The molecule has 1 aromatic heterocycles. The van der Waals surface area contributed by atoms with Crippen LogP contribution in [0, 0.1) is 0 Å². The Hall–Kier alpha value is -3.06. The van der Waals surface area contributed by atoms with Gasteiger partial charge in [0.25, 0.3) is 5.91 Å². The quantitative estimate of drug-likeness (QED) is 0.656. The first kappa shape index (κ1) is 17.4. The third-order valence-electron chi connectivity index (χ3n) is 3.83. The molecule has 136 valence electrons. The summed E-state index contributed by atoms with van der Waals surface area (Å²) in [5, 5.41) is 2.84. The van der Waals surface area contributed by atoms with Gasteiger partial charge in [-0.25, -0.2) is 4.98 Å². The van der Waals surface area contributed by atoms with Crippen LogP contribution in [0.4, 0.5) is 5.69 Å². The highest BCUT2D eigenvalue weighted by Gasteiger charge is 2.17. The smallest absolute Gasteiger partial charge is 0.261 e. The Labute approximate surface area is 164 Å². The highest BCUT2D eigenvalue weighted by atomic mass is 79.9. The monoisotopic (exact) mass is 426 g/mol. The van der Waals surface area contributed by atoms with Gasteiger partial charge in [-0.1, -0.05) is 22.0 Å². The molecule has 1 aliphatic heterocycles. The van der Waals surface area contributed by atoms with Crippen molar-refractivity contribution in [3.8, 4) is 23.1 Å². The van der Waals surface area contributed by atoms with E-state index in [9.17, 15) is 4.79 Å². The summed E-state index contributed by atoms with van der Waals surface area (Å²) in [6.45, 7) is 1.00. The summed E-state index contributed by atoms with van der Waals surface area (Å²) < 4.78 is 17.7. The van der Waals surface area contributed by atoms with Crippen LogP contribution in [0.2, 0.25) is 0 Å². The summed E-state index contributed by atoms with van der Waals surface area (Å²) in [6.07, 6.45) is 1.58. The molecule has 0 bridgehead atoms. The van der Waals surface area contributed by atoms with Crippen molar-refractivity contribution in [1.82, 2.24) is 4.98 Å². The Balaban J connectivity index is 1.55. The zero-order valence-corrected chi connectivity index (χ0v) is 15.7. The number of halogens is 1. The van der Waals surface area contributed by atoms with Gasteiger partial charge >= 0.3 is 0 Å². The average molecular weight is 427 g/mol. The summed E-state index contributed by atoms with van der Waals surface area (Å²) >= 11 is 3.40. The van der Waals surface area contributed by atoms with Gasteiger partial charge in [-0.15, -0.1) is 0 Å². The number of anilines is 1. The van der Waals surface area contributed by atoms with Crippen molar-refractivity contribution in [2.24, 2.45) is 0 Å². The van der Waals surface area contributed by atoms with E-state index in [-0.39, 0.29) is 11.8 Å². The van der Waals surface area contributed by atoms with Gasteiger partial charge in [-0.2, -0.15) is 0 Å². The van der Waals surface area contributed by atoms with E-state index in [0.717, 1.165) is 4.47 Å². The molecule has 6 nitrogen and oxygen atoms in total. The number of rotatable bonds is 4. The third-order valence-corrected chi connectivity index (χ3v) is 4.32. The predicted octanol–water partition coefficient (Wildman–Crippen LogP) is 4.66. The minimum Gasteiger partial charge on any atom is -0.486 e. The number of hydrogen-bond acceptors (Lipinski definition) is 5. The molecule has 1 amide bonds. The molecule has 0 atom stereocenters. The molecule has 27 heavy (non-hydrogen) atoms. The first-order valence-electron chi connectivity index (χ1n) is 8.28. The number of aromatic nitrogens is 1. The number of hydrogen-bond donors (Lipinski definition) is 1. The number of pyridine rings is 1. The zero-order valence-electron chi connectivity index (χ0n) is 14.1. The minimum absolute atomic E-state index is 0.227. The summed E-state index contributed by atoms with van der Waals surface area (Å²) in [5.74, 6) is 1.75. The number of amides is 1. The summed E-state index contributed by atoms with van der Waals surface area (Å²) in [6, 6.07) is 15.9. The highest BCUT2D eigenvalue weighted by Crippen LogP contribution is 2.33. The Morgan fingerprint density at radius 3 is 2.74 bits per heavy atom. The molecule has 1 N–H and O–H groups in total. The third kappa shape index (κ3) is 4.03. The number of benzene rings is 2. The van der Waals surface area contributed by atoms with E-state index >= 15 is 0 Å². The summed E-state index contributed by atoms with van der Waals surface area (Å²) in [7, 11) is 0. The summed E-state index contributed by atoms with van der Waals surface area (Å²) in [4.78, 5) is 16.9.